The van der Waals surface area contributed by atoms with Crippen molar-refractivity contribution in [3.8, 4) is 0 Å². The van der Waals surface area contributed by atoms with Crippen molar-refractivity contribution in [1.82, 2.24) is 19.1 Å². The van der Waals surface area contributed by atoms with E-state index in [9.17, 15) is 23.2 Å². The van der Waals surface area contributed by atoms with E-state index in [1.807, 2.05) is 0 Å². The van der Waals surface area contributed by atoms with Gasteiger partial charge in [0.15, 0.2) is 0 Å². The van der Waals surface area contributed by atoms with Crippen LogP contribution in [0.5, 0.6) is 0 Å². The third-order valence-electron chi connectivity index (χ3n) is 5.20. The zero-order valence-corrected chi connectivity index (χ0v) is 15.6. The van der Waals surface area contributed by atoms with Crippen molar-refractivity contribution in [2.45, 2.75) is 31.9 Å². The van der Waals surface area contributed by atoms with Gasteiger partial charge in [0.05, 0.1) is 23.5 Å². The average molecular weight is 403 g/mol. The molecule has 10 heteroatoms. The van der Waals surface area contributed by atoms with Crippen LogP contribution in [0, 0.1) is 0 Å². The number of H-pyrrole nitrogens is 1. The van der Waals surface area contributed by atoms with Crippen molar-refractivity contribution in [2.24, 2.45) is 7.05 Å². The molecular weight excluding hydrogens is 384 g/mol. The van der Waals surface area contributed by atoms with Crippen LogP contribution in [0.15, 0.2) is 44.7 Å². The Morgan fingerprint density at radius 1 is 1.24 bits per heavy atom. The molecule has 0 radical (unpaired) electrons. The molecule has 0 aliphatic carbocycles. The molecule has 0 amide bonds. The molecule has 2 aromatic heterocycles. The van der Waals surface area contributed by atoms with Crippen LogP contribution in [0.4, 0.5) is 14.6 Å². The fourth-order valence-corrected chi connectivity index (χ4v) is 3.78. The summed E-state index contributed by atoms with van der Waals surface area (Å²) >= 11 is 0. The van der Waals surface area contributed by atoms with Crippen LogP contribution < -0.4 is 21.7 Å². The number of nitrogens with zero attached hydrogens (tertiary/aromatic N) is 4. The van der Waals surface area contributed by atoms with Crippen LogP contribution in [-0.4, -0.2) is 32.1 Å². The molecule has 1 aliphatic rings. The second-order valence-corrected chi connectivity index (χ2v) is 7.00. The van der Waals surface area contributed by atoms with Crippen LogP contribution in [0.1, 0.15) is 24.7 Å². The first-order chi connectivity index (χ1) is 13.9. The van der Waals surface area contributed by atoms with Crippen molar-refractivity contribution in [2.75, 3.05) is 11.4 Å². The molecule has 152 valence electrons. The molecule has 1 aromatic carbocycles. The zero-order valence-electron chi connectivity index (χ0n) is 15.6. The Hall–Kier alpha value is -3.30. The summed E-state index contributed by atoms with van der Waals surface area (Å²) in [7, 11) is 1.36. The quantitative estimate of drug-likeness (QED) is 0.711. The van der Waals surface area contributed by atoms with Gasteiger partial charge in [-0.2, -0.15) is 0 Å². The van der Waals surface area contributed by atoms with Crippen LogP contribution in [0.3, 0.4) is 0 Å². The Labute approximate surface area is 163 Å². The highest BCUT2D eigenvalue weighted by Crippen LogP contribution is 2.34. The van der Waals surface area contributed by atoms with Gasteiger partial charge in [-0.1, -0.05) is 12.1 Å². The summed E-state index contributed by atoms with van der Waals surface area (Å²) in [4.78, 5) is 45.9. The lowest BCUT2D eigenvalue weighted by Crippen LogP contribution is -2.37. The minimum atomic E-state index is -2.73. The van der Waals surface area contributed by atoms with E-state index < -0.39 is 35.8 Å². The maximum Gasteiger partial charge on any atom is 0.329 e. The van der Waals surface area contributed by atoms with E-state index in [1.54, 1.807) is 29.2 Å². The molecular formula is C19H19F2N5O3. The molecule has 1 aliphatic heterocycles. The monoisotopic (exact) mass is 403 g/mol. The zero-order chi connectivity index (χ0) is 20.7. The van der Waals surface area contributed by atoms with Crippen LogP contribution in [-0.2, 0) is 13.6 Å². The Kier molecular flexibility index (Phi) is 4.77. The highest BCUT2D eigenvalue weighted by Gasteiger charge is 2.32. The number of hydrogen-bond acceptors (Lipinski definition) is 5. The summed E-state index contributed by atoms with van der Waals surface area (Å²) < 4.78 is 28.4. The van der Waals surface area contributed by atoms with Crippen molar-refractivity contribution in [3.63, 3.8) is 0 Å². The van der Waals surface area contributed by atoms with Gasteiger partial charge in [0.1, 0.15) is 11.6 Å². The normalized spacial score (nSPS) is 16.8. The van der Waals surface area contributed by atoms with Gasteiger partial charge in [-0.05, 0) is 25.0 Å². The number of aromatic amines is 1. The van der Waals surface area contributed by atoms with Gasteiger partial charge in [-0.25, -0.2) is 18.6 Å². The maximum atomic E-state index is 13.2. The second-order valence-electron chi connectivity index (χ2n) is 7.00. The maximum absolute atomic E-state index is 13.2. The van der Waals surface area contributed by atoms with Gasteiger partial charge in [0, 0.05) is 19.7 Å². The number of rotatable bonds is 4. The molecule has 4 rings (SSSR count). The van der Waals surface area contributed by atoms with E-state index in [-0.39, 0.29) is 17.0 Å². The van der Waals surface area contributed by atoms with Gasteiger partial charge < -0.3 is 4.90 Å². The van der Waals surface area contributed by atoms with Gasteiger partial charge in [-0.3, -0.25) is 23.7 Å². The Balaban J connectivity index is 1.89. The molecule has 8 nitrogen and oxygen atoms in total. The number of anilines is 1. The second kappa shape index (κ2) is 7.26. The number of para-hydroxylation sites is 1. The number of halogens is 2. The summed E-state index contributed by atoms with van der Waals surface area (Å²) in [6, 6.07) is 7.36. The SMILES string of the molecule is Cn1c(=O)cc(N2CCCC2c2nc3ccccc3c(=O)n2CC(F)F)[nH]c1=O. The molecule has 0 spiro atoms. The minimum Gasteiger partial charge on any atom is -0.348 e. The molecule has 0 bridgehead atoms. The molecule has 3 aromatic rings. The lowest BCUT2D eigenvalue weighted by Gasteiger charge is -2.27. The molecule has 1 fully saturated rings. The first kappa shape index (κ1) is 19.0. The van der Waals surface area contributed by atoms with Crippen LogP contribution in [0.2, 0.25) is 0 Å². The van der Waals surface area contributed by atoms with E-state index in [4.69, 9.17) is 0 Å². The number of hydrogen-bond donors (Lipinski definition) is 1. The molecule has 1 N–H and O–H groups in total. The van der Waals surface area contributed by atoms with Crippen molar-refractivity contribution in [3.05, 3.63) is 67.3 Å². The van der Waals surface area contributed by atoms with Crippen molar-refractivity contribution in [1.29, 1.82) is 0 Å². The summed E-state index contributed by atoms with van der Waals surface area (Å²) in [6.45, 7) is -0.283. The number of alkyl halides is 2. The molecule has 1 unspecified atom stereocenters. The van der Waals surface area contributed by atoms with Crippen LogP contribution >= 0.6 is 0 Å². The van der Waals surface area contributed by atoms with Gasteiger partial charge >= 0.3 is 5.69 Å². The molecule has 3 heterocycles. The number of aromatic nitrogens is 4. The van der Waals surface area contributed by atoms with E-state index in [1.165, 1.54) is 13.1 Å². The number of nitrogens with one attached hydrogen (secondary N) is 1. The lowest BCUT2D eigenvalue weighted by atomic mass is 10.1. The summed E-state index contributed by atoms with van der Waals surface area (Å²) in [5.41, 5.74) is -1.17. The van der Waals surface area contributed by atoms with Crippen LogP contribution in [0.25, 0.3) is 10.9 Å². The summed E-state index contributed by atoms with van der Waals surface area (Å²) in [6.07, 6.45) is -1.49. The predicted molar refractivity (Wildman–Crippen MR) is 104 cm³/mol. The summed E-state index contributed by atoms with van der Waals surface area (Å²) in [5, 5.41) is 0.267. The molecule has 1 saturated heterocycles. The molecule has 29 heavy (non-hydrogen) atoms. The standard InChI is InChI=1S/C19H19F2N5O3/c1-24-16(27)9-15(23-19(24)29)25-8-4-7-13(25)17-22-12-6-3-2-5-11(12)18(28)26(17)10-14(20)21/h2-3,5-6,9,13-14H,4,7-8,10H2,1H3,(H,23,29). The molecule has 0 saturated carbocycles. The third kappa shape index (κ3) is 3.34. The van der Waals surface area contributed by atoms with E-state index in [0.29, 0.717) is 24.9 Å². The smallest absolute Gasteiger partial charge is 0.329 e. The van der Waals surface area contributed by atoms with Crippen molar-refractivity contribution >= 4 is 16.7 Å². The Morgan fingerprint density at radius 3 is 2.72 bits per heavy atom. The lowest BCUT2D eigenvalue weighted by molar-refractivity contribution is 0.123. The fourth-order valence-electron chi connectivity index (χ4n) is 3.78. The van der Waals surface area contributed by atoms with Gasteiger partial charge in [-0.15, -0.1) is 0 Å². The minimum absolute atomic E-state index is 0.202. The highest BCUT2D eigenvalue weighted by molar-refractivity contribution is 5.77. The Bertz CT molecular complexity index is 1220. The largest absolute Gasteiger partial charge is 0.348 e. The van der Waals surface area contributed by atoms with Crippen molar-refractivity contribution < 1.29 is 8.78 Å². The van der Waals surface area contributed by atoms with E-state index in [0.717, 1.165) is 9.13 Å². The van der Waals surface area contributed by atoms with Gasteiger partial charge in [0.25, 0.3) is 17.5 Å². The topological polar surface area (TPSA) is 93.0 Å². The molecule has 1 atom stereocenters. The third-order valence-corrected chi connectivity index (χ3v) is 5.20. The highest BCUT2D eigenvalue weighted by atomic mass is 19.3. The first-order valence-electron chi connectivity index (χ1n) is 9.21. The van der Waals surface area contributed by atoms with E-state index >= 15 is 0 Å². The van der Waals surface area contributed by atoms with E-state index in [2.05, 4.69) is 9.97 Å². The fraction of sp³-hybridized carbons (Fsp3) is 0.368. The van der Waals surface area contributed by atoms with Gasteiger partial charge in [0.2, 0.25) is 0 Å². The number of fused-ring (bicyclic) bond motifs is 1. The summed E-state index contributed by atoms with van der Waals surface area (Å²) in [5.74, 6) is 0.486. The Morgan fingerprint density at radius 2 is 2.00 bits per heavy atom. The average Bonchev–Trinajstić information content (AvgIpc) is 3.17. The predicted octanol–water partition coefficient (Wildman–Crippen LogP) is 1.39. The number of benzene rings is 1. The first-order valence-corrected chi connectivity index (χ1v) is 9.21.